The zero-order valence-electron chi connectivity index (χ0n) is 13.1. The van der Waals surface area contributed by atoms with E-state index in [4.69, 9.17) is 0 Å². The van der Waals surface area contributed by atoms with Gasteiger partial charge in [0.2, 0.25) is 0 Å². The van der Waals surface area contributed by atoms with Gasteiger partial charge in [0.25, 0.3) is 5.56 Å². The van der Waals surface area contributed by atoms with Crippen LogP contribution in [0, 0.1) is 5.92 Å². The number of nitrogens with zero attached hydrogens (tertiary/aromatic N) is 1. The molecule has 0 radical (unpaired) electrons. The summed E-state index contributed by atoms with van der Waals surface area (Å²) < 4.78 is 2.13. The average molecular weight is 293 g/mol. The largest absolute Gasteiger partial charge is 0.312 e. The lowest BCUT2D eigenvalue weighted by molar-refractivity contribution is 0.269. The number of aryl methyl sites for hydroxylation is 1. The van der Waals surface area contributed by atoms with Crippen molar-refractivity contribution < 1.29 is 0 Å². The van der Waals surface area contributed by atoms with Crippen LogP contribution in [0.5, 0.6) is 0 Å². The molecule has 1 saturated carbocycles. The van der Waals surface area contributed by atoms with Crippen molar-refractivity contribution >= 4 is 0 Å². The molecule has 0 bridgehead atoms. The molecule has 1 aromatic heterocycles. The van der Waals surface area contributed by atoms with E-state index in [1.165, 1.54) is 43.4 Å². The summed E-state index contributed by atoms with van der Waals surface area (Å²) in [5.74, 6) is 0.717. The van der Waals surface area contributed by atoms with Crippen molar-refractivity contribution in [1.82, 2.24) is 4.57 Å². The van der Waals surface area contributed by atoms with Crippen LogP contribution in [0.25, 0.3) is 11.1 Å². The molecule has 0 aliphatic heterocycles. The third-order valence-corrected chi connectivity index (χ3v) is 5.35. The SMILES string of the molecule is O=c1c(-c2ccccc2)cc2c(n1CC1CCC1)CCCC2. The minimum absolute atomic E-state index is 0.221. The number of rotatable bonds is 3. The summed E-state index contributed by atoms with van der Waals surface area (Å²) in [6.07, 6.45) is 8.59. The summed E-state index contributed by atoms with van der Waals surface area (Å²) in [6, 6.07) is 12.3. The normalized spacial score (nSPS) is 17.8. The maximum atomic E-state index is 13.1. The Balaban J connectivity index is 1.85. The Morgan fingerprint density at radius 2 is 1.77 bits per heavy atom. The van der Waals surface area contributed by atoms with E-state index >= 15 is 0 Å². The molecule has 2 aromatic rings. The minimum atomic E-state index is 0.221. The molecule has 2 aliphatic rings. The molecule has 0 amide bonds. The number of pyridine rings is 1. The summed E-state index contributed by atoms with van der Waals surface area (Å²) in [5, 5.41) is 0. The van der Waals surface area contributed by atoms with E-state index in [0.29, 0.717) is 0 Å². The van der Waals surface area contributed by atoms with Crippen LogP contribution in [0.15, 0.2) is 41.2 Å². The number of benzene rings is 1. The van der Waals surface area contributed by atoms with Crippen molar-refractivity contribution in [3.05, 3.63) is 58.0 Å². The fourth-order valence-electron chi connectivity index (χ4n) is 3.83. The number of hydrogen-bond acceptors (Lipinski definition) is 1. The molecule has 0 saturated heterocycles. The van der Waals surface area contributed by atoms with E-state index in [1.807, 2.05) is 18.2 Å². The smallest absolute Gasteiger partial charge is 0.258 e. The van der Waals surface area contributed by atoms with Crippen LogP contribution in [-0.4, -0.2) is 4.57 Å². The lowest BCUT2D eigenvalue weighted by atomic mass is 9.84. The summed E-state index contributed by atoms with van der Waals surface area (Å²) >= 11 is 0. The van der Waals surface area contributed by atoms with E-state index in [9.17, 15) is 4.79 Å². The first kappa shape index (κ1) is 13.8. The predicted octanol–water partition coefficient (Wildman–Crippen LogP) is 4.19. The fourth-order valence-corrected chi connectivity index (χ4v) is 3.83. The monoisotopic (exact) mass is 293 g/mol. The van der Waals surface area contributed by atoms with Gasteiger partial charge in [-0.25, -0.2) is 0 Å². The highest BCUT2D eigenvalue weighted by Gasteiger charge is 2.23. The predicted molar refractivity (Wildman–Crippen MR) is 90.1 cm³/mol. The molecule has 1 aromatic carbocycles. The standard InChI is InChI=1S/C20H23NO/c22-20-18(16-9-2-1-3-10-16)13-17-11-4-5-12-19(17)21(20)14-15-7-6-8-15/h1-3,9-10,13,15H,4-8,11-12,14H2. The molecule has 1 fully saturated rings. The fraction of sp³-hybridized carbons (Fsp3) is 0.450. The van der Waals surface area contributed by atoms with Crippen LogP contribution in [-0.2, 0) is 19.4 Å². The first-order valence-electron chi connectivity index (χ1n) is 8.64. The van der Waals surface area contributed by atoms with Crippen LogP contribution < -0.4 is 5.56 Å². The topological polar surface area (TPSA) is 22.0 Å². The maximum absolute atomic E-state index is 13.1. The molecular weight excluding hydrogens is 270 g/mol. The number of fused-ring (bicyclic) bond motifs is 1. The molecule has 0 atom stereocenters. The van der Waals surface area contributed by atoms with Gasteiger partial charge < -0.3 is 4.57 Å². The van der Waals surface area contributed by atoms with Gasteiger partial charge in [0.15, 0.2) is 0 Å². The van der Waals surface area contributed by atoms with Gasteiger partial charge in [0, 0.05) is 17.8 Å². The first-order valence-corrected chi connectivity index (χ1v) is 8.64. The highest BCUT2D eigenvalue weighted by molar-refractivity contribution is 5.63. The molecular formula is C20H23NO. The lowest BCUT2D eigenvalue weighted by Crippen LogP contribution is -2.32. The van der Waals surface area contributed by atoms with Crippen molar-refractivity contribution in [1.29, 1.82) is 0 Å². The van der Waals surface area contributed by atoms with Gasteiger partial charge in [-0.15, -0.1) is 0 Å². The Bertz CT molecular complexity index is 725. The van der Waals surface area contributed by atoms with E-state index in [0.717, 1.165) is 36.4 Å². The van der Waals surface area contributed by atoms with Gasteiger partial charge in [-0.2, -0.15) is 0 Å². The Labute approximate surface area is 131 Å². The van der Waals surface area contributed by atoms with Gasteiger partial charge in [-0.1, -0.05) is 36.8 Å². The van der Waals surface area contributed by atoms with Crippen LogP contribution in [0.3, 0.4) is 0 Å². The lowest BCUT2D eigenvalue weighted by Gasteiger charge is -2.29. The summed E-state index contributed by atoms with van der Waals surface area (Å²) in [4.78, 5) is 13.1. The third kappa shape index (κ3) is 2.41. The molecule has 22 heavy (non-hydrogen) atoms. The molecule has 0 unspecified atom stereocenters. The van der Waals surface area contributed by atoms with Crippen molar-refractivity contribution in [2.75, 3.05) is 0 Å². The van der Waals surface area contributed by atoms with Crippen LogP contribution in [0.4, 0.5) is 0 Å². The second kappa shape index (κ2) is 5.75. The molecule has 0 spiro atoms. The Morgan fingerprint density at radius 3 is 2.50 bits per heavy atom. The average Bonchev–Trinajstić information content (AvgIpc) is 2.53. The molecule has 0 N–H and O–H groups in total. The second-order valence-corrected chi connectivity index (χ2v) is 6.82. The van der Waals surface area contributed by atoms with Crippen molar-refractivity contribution in [2.24, 2.45) is 5.92 Å². The van der Waals surface area contributed by atoms with Gasteiger partial charge in [0.1, 0.15) is 0 Å². The van der Waals surface area contributed by atoms with Crippen LogP contribution >= 0.6 is 0 Å². The van der Waals surface area contributed by atoms with E-state index in [-0.39, 0.29) is 5.56 Å². The second-order valence-electron chi connectivity index (χ2n) is 6.82. The summed E-state index contributed by atoms with van der Waals surface area (Å²) in [7, 11) is 0. The Kier molecular flexibility index (Phi) is 3.61. The number of hydrogen-bond donors (Lipinski definition) is 0. The summed E-state index contributed by atoms with van der Waals surface area (Å²) in [6.45, 7) is 0.932. The molecule has 1 heterocycles. The molecule has 114 valence electrons. The van der Waals surface area contributed by atoms with Gasteiger partial charge in [-0.05, 0) is 61.6 Å². The highest BCUT2D eigenvalue weighted by Crippen LogP contribution is 2.30. The zero-order chi connectivity index (χ0) is 14.9. The summed E-state index contributed by atoms with van der Waals surface area (Å²) in [5.41, 5.74) is 4.90. The molecule has 2 heteroatoms. The first-order chi connectivity index (χ1) is 10.8. The Morgan fingerprint density at radius 1 is 1.00 bits per heavy atom. The van der Waals surface area contributed by atoms with Crippen LogP contribution in [0.2, 0.25) is 0 Å². The Hall–Kier alpha value is -1.83. The highest BCUT2D eigenvalue weighted by atomic mass is 16.1. The van der Waals surface area contributed by atoms with Crippen molar-refractivity contribution in [2.45, 2.75) is 51.5 Å². The van der Waals surface area contributed by atoms with Crippen LogP contribution in [0.1, 0.15) is 43.4 Å². The molecule has 4 rings (SSSR count). The minimum Gasteiger partial charge on any atom is -0.312 e. The molecule has 2 nitrogen and oxygen atoms in total. The van der Waals surface area contributed by atoms with E-state index in [1.54, 1.807) is 0 Å². The zero-order valence-corrected chi connectivity index (χ0v) is 13.1. The van der Waals surface area contributed by atoms with Crippen molar-refractivity contribution in [3.63, 3.8) is 0 Å². The third-order valence-electron chi connectivity index (χ3n) is 5.35. The maximum Gasteiger partial charge on any atom is 0.258 e. The van der Waals surface area contributed by atoms with Gasteiger partial charge in [-0.3, -0.25) is 4.79 Å². The van der Waals surface area contributed by atoms with Gasteiger partial charge >= 0.3 is 0 Å². The van der Waals surface area contributed by atoms with E-state index < -0.39 is 0 Å². The quantitative estimate of drug-likeness (QED) is 0.831. The number of aromatic nitrogens is 1. The molecule has 2 aliphatic carbocycles. The van der Waals surface area contributed by atoms with Gasteiger partial charge in [0.05, 0.1) is 0 Å². The van der Waals surface area contributed by atoms with E-state index in [2.05, 4.69) is 22.8 Å². The van der Waals surface area contributed by atoms with Crippen molar-refractivity contribution in [3.8, 4) is 11.1 Å².